The molecule has 0 unspecified atom stereocenters. The highest BCUT2D eigenvalue weighted by Gasteiger charge is 2.17. The molecule has 0 saturated heterocycles. The molecule has 2 heterocycles. The molecule has 1 amide bonds. The van der Waals surface area contributed by atoms with Gasteiger partial charge in [-0.25, -0.2) is 4.98 Å². The number of hydrogen-bond donors (Lipinski definition) is 1. The lowest BCUT2D eigenvalue weighted by Gasteiger charge is -2.26. The number of halogens is 2. The summed E-state index contributed by atoms with van der Waals surface area (Å²) in [6.07, 6.45) is 8.95. The van der Waals surface area contributed by atoms with Gasteiger partial charge in [0.25, 0.3) is 5.91 Å². The summed E-state index contributed by atoms with van der Waals surface area (Å²) in [6.45, 7) is 2.67. The van der Waals surface area contributed by atoms with Crippen molar-refractivity contribution in [1.82, 2.24) is 9.88 Å². The summed E-state index contributed by atoms with van der Waals surface area (Å²) >= 11 is 12.2. The SMILES string of the molecule is O=C(Nc1ccc(Cl)cc1C1=CCN(C/C=C/c2ccccc2)CC1)c1ccnc(Cl)c1. The van der Waals surface area contributed by atoms with Crippen LogP contribution in [0.1, 0.15) is 27.9 Å². The van der Waals surface area contributed by atoms with Gasteiger partial charge in [0.2, 0.25) is 0 Å². The van der Waals surface area contributed by atoms with Crippen LogP contribution in [0, 0.1) is 0 Å². The molecule has 0 fully saturated rings. The van der Waals surface area contributed by atoms with Crippen molar-refractivity contribution in [1.29, 1.82) is 0 Å². The van der Waals surface area contributed by atoms with Gasteiger partial charge in [-0.1, -0.05) is 71.8 Å². The number of pyridine rings is 1. The molecule has 1 aromatic heterocycles. The van der Waals surface area contributed by atoms with Crippen LogP contribution in [-0.2, 0) is 0 Å². The number of nitrogens with zero attached hydrogens (tertiary/aromatic N) is 2. The van der Waals surface area contributed by atoms with E-state index in [2.05, 4.69) is 45.6 Å². The van der Waals surface area contributed by atoms with Gasteiger partial charge in [-0.2, -0.15) is 0 Å². The zero-order chi connectivity index (χ0) is 22.3. The van der Waals surface area contributed by atoms with E-state index in [-0.39, 0.29) is 11.1 Å². The number of rotatable bonds is 6. The fraction of sp³-hybridized carbons (Fsp3) is 0.154. The van der Waals surface area contributed by atoms with Crippen molar-refractivity contribution in [2.75, 3.05) is 25.0 Å². The Bertz CT molecular complexity index is 1160. The van der Waals surface area contributed by atoms with E-state index in [1.165, 1.54) is 17.3 Å². The summed E-state index contributed by atoms with van der Waals surface area (Å²) in [7, 11) is 0. The van der Waals surface area contributed by atoms with Crippen LogP contribution < -0.4 is 5.32 Å². The molecule has 0 spiro atoms. The Hall–Kier alpha value is -2.92. The molecule has 1 aliphatic heterocycles. The van der Waals surface area contributed by atoms with E-state index in [0.29, 0.717) is 10.6 Å². The van der Waals surface area contributed by atoms with Gasteiger partial charge in [0.05, 0.1) is 0 Å². The van der Waals surface area contributed by atoms with Crippen molar-refractivity contribution in [2.24, 2.45) is 0 Å². The first-order valence-corrected chi connectivity index (χ1v) is 11.2. The normalized spacial score (nSPS) is 14.4. The second kappa shape index (κ2) is 10.6. The van der Waals surface area contributed by atoms with Gasteiger partial charge in [0, 0.05) is 47.7 Å². The molecule has 32 heavy (non-hydrogen) atoms. The topological polar surface area (TPSA) is 45.2 Å². The highest BCUT2D eigenvalue weighted by atomic mass is 35.5. The van der Waals surface area contributed by atoms with Crippen molar-refractivity contribution < 1.29 is 4.79 Å². The smallest absolute Gasteiger partial charge is 0.255 e. The summed E-state index contributed by atoms with van der Waals surface area (Å²) in [5.41, 5.74) is 4.52. The average molecular weight is 464 g/mol. The molecule has 1 aliphatic rings. The van der Waals surface area contributed by atoms with Gasteiger partial charge in [0.15, 0.2) is 0 Å². The lowest BCUT2D eigenvalue weighted by molar-refractivity contribution is 0.102. The molecule has 4 rings (SSSR count). The summed E-state index contributed by atoms with van der Waals surface area (Å²) in [4.78, 5) is 19.0. The number of amides is 1. The predicted octanol–water partition coefficient (Wildman–Crippen LogP) is 6.44. The molecule has 162 valence electrons. The van der Waals surface area contributed by atoms with E-state index in [9.17, 15) is 4.79 Å². The van der Waals surface area contributed by atoms with Gasteiger partial charge < -0.3 is 5.32 Å². The van der Waals surface area contributed by atoms with Gasteiger partial charge >= 0.3 is 0 Å². The van der Waals surface area contributed by atoms with Gasteiger partial charge in [0.1, 0.15) is 5.15 Å². The standard InChI is InChI=1S/C26H23Cl2N3O/c27-22-8-9-24(30-26(32)21-10-13-29-25(28)17-21)23(18-22)20-11-15-31(16-12-20)14-4-7-19-5-2-1-3-6-19/h1-11,13,17-18H,12,14-16H2,(H,30,32)/b7-4+. The van der Waals surface area contributed by atoms with Crippen LogP contribution in [0.15, 0.2) is 79.0 Å². The summed E-state index contributed by atoms with van der Waals surface area (Å²) in [6, 6.07) is 19.0. The molecular formula is C26H23Cl2N3O. The molecule has 0 radical (unpaired) electrons. The monoisotopic (exact) mass is 463 g/mol. The second-order valence-corrected chi connectivity index (χ2v) is 8.39. The Kier molecular flexibility index (Phi) is 7.38. The van der Waals surface area contributed by atoms with E-state index < -0.39 is 0 Å². The van der Waals surface area contributed by atoms with Gasteiger partial charge in [-0.05, 0) is 47.9 Å². The first-order valence-electron chi connectivity index (χ1n) is 10.4. The molecule has 1 N–H and O–H groups in total. The third-order valence-corrected chi connectivity index (χ3v) is 5.77. The van der Waals surface area contributed by atoms with Crippen molar-refractivity contribution in [3.8, 4) is 0 Å². The minimum atomic E-state index is -0.234. The zero-order valence-electron chi connectivity index (χ0n) is 17.5. The van der Waals surface area contributed by atoms with Crippen LogP contribution in [0.4, 0.5) is 5.69 Å². The van der Waals surface area contributed by atoms with Gasteiger partial charge in [-0.15, -0.1) is 0 Å². The third-order valence-electron chi connectivity index (χ3n) is 5.33. The molecule has 2 aromatic carbocycles. The Morgan fingerprint density at radius 1 is 1.09 bits per heavy atom. The van der Waals surface area contributed by atoms with Crippen molar-refractivity contribution in [2.45, 2.75) is 6.42 Å². The highest BCUT2D eigenvalue weighted by molar-refractivity contribution is 6.31. The minimum Gasteiger partial charge on any atom is -0.321 e. The number of benzene rings is 2. The molecular weight excluding hydrogens is 441 g/mol. The largest absolute Gasteiger partial charge is 0.321 e. The average Bonchev–Trinajstić information content (AvgIpc) is 2.81. The van der Waals surface area contributed by atoms with Crippen LogP contribution in [0.25, 0.3) is 11.6 Å². The Morgan fingerprint density at radius 2 is 1.94 bits per heavy atom. The van der Waals surface area contributed by atoms with Gasteiger partial charge in [-0.3, -0.25) is 9.69 Å². The maximum Gasteiger partial charge on any atom is 0.255 e. The number of carbonyl (C=O) groups is 1. The van der Waals surface area contributed by atoms with E-state index in [4.69, 9.17) is 23.2 Å². The molecule has 6 heteroatoms. The zero-order valence-corrected chi connectivity index (χ0v) is 19.0. The predicted molar refractivity (Wildman–Crippen MR) is 133 cm³/mol. The number of aromatic nitrogens is 1. The molecule has 0 bridgehead atoms. The van der Waals surface area contributed by atoms with E-state index >= 15 is 0 Å². The third kappa shape index (κ3) is 5.86. The number of carbonyl (C=O) groups excluding carboxylic acids is 1. The maximum atomic E-state index is 12.7. The number of nitrogens with one attached hydrogen (secondary N) is 1. The summed E-state index contributed by atoms with van der Waals surface area (Å²) < 4.78 is 0. The van der Waals surface area contributed by atoms with Crippen LogP contribution in [-0.4, -0.2) is 35.4 Å². The van der Waals surface area contributed by atoms with Crippen LogP contribution in [0.2, 0.25) is 10.2 Å². The first-order chi connectivity index (χ1) is 15.6. The van der Waals surface area contributed by atoms with Crippen LogP contribution in [0.5, 0.6) is 0 Å². The fourth-order valence-corrected chi connectivity index (χ4v) is 4.00. The minimum absolute atomic E-state index is 0.234. The first kappa shape index (κ1) is 22.3. The Labute approximate surface area is 198 Å². The second-order valence-electron chi connectivity index (χ2n) is 7.56. The van der Waals surface area contributed by atoms with Crippen molar-refractivity contribution in [3.63, 3.8) is 0 Å². The number of hydrogen-bond acceptors (Lipinski definition) is 3. The summed E-state index contributed by atoms with van der Waals surface area (Å²) in [5, 5.41) is 3.91. The maximum absolute atomic E-state index is 12.7. The van der Waals surface area contributed by atoms with Crippen molar-refractivity contribution >= 4 is 46.4 Å². The summed E-state index contributed by atoms with van der Waals surface area (Å²) in [5.74, 6) is -0.234. The lowest BCUT2D eigenvalue weighted by Crippen LogP contribution is -2.28. The van der Waals surface area contributed by atoms with Crippen LogP contribution >= 0.6 is 23.2 Å². The van der Waals surface area contributed by atoms with E-state index in [0.717, 1.165) is 37.3 Å². The molecule has 0 atom stereocenters. The van der Waals surface area contributed by atoms with E-state index in [1.54, 1.807) is 18.2 Å². The van der Waals surface area contributed by atoms with Crippen LogP contribution in [0.3, 0.4) is 0 Å². The quantitative estimate of drug-likeness (QED) is 0.427. The fourth-order valence-electron chi connectivity index (χ4n) is 3.65. The van der Waals surface area contributed by atoms with Crippen molar-refractivity contribution in [3.05, 3.63) is 106 Å². The molecule has 0 aliphatic carbocycles. The molecule has 0 saturated carbocycles. The number of anilines is 1. The van der Waals surface area contributed by atoms with E-state index in [1.807, 2.05) is 30.3 Å². The Morgan fingerprint density at radius 3 is 2.69 bits per heavy atom. The molecule has 4 nitrogen and oxygen atoms in total. The Balaban J connectivity index is 1.45. The highest BCUT2D eigenvalue weighted by Crippen LogP contribution is 2.31. The molecule has 3 aromatic rings. The lowest BCUT2D eigenvalue weighted by atomic mass is 9.97.